The molecule has 2 rings (SSSR count). The van der Waals surface area contributed by atoms with Gasteiger partial charge in [-0.15, -0.1) is 0 Å². The standard InChI is InChI=1S/C14H20N4O8.CH4/c15-6(13(23)24)1-2-9(20)16-8-3-4-18(14(25)17-8)12-11(22)10(21)7(5-19)26-12;/h3-4,6-7,10-12,19,21-22H,1-2,5,15H2,(H,23,24)(H,16,17,20,25);1H4/t6?,7-,10?,11-,12-;/m1./s1. The summed E-state index contributed by atoms with van der Waals surface area (Å²) in [6.45, 7) is -0.538. The number of aromatic nitrogens is 2. The average molecular weight is 388 g/mol. The maximum atomic E-state index is 12.1. The van der Waals surface area contributed by atoms with E-state index in [9.17, 15) is 24.6 Å². The molecule has 1 fully saturated rings. The lowest BCUT2D eigenvalue weighted by Gasteiger charge is -2.17. The molecule has 1 aliphatic heterocycles. The Hall–Kier alpha value is -2.38. The quantitative estimate of drug-likeness (QED) is 0.293. The zero-order chi connectivity index (χ0) is 19.4. The van der Waals surface area contributed by atoms with Crippen molar-refractivity contribution in [1.29, 1.82) is 0 Å². The Balaban J connectivity index is 0.00000364. The van der Waals surface area contributed by atoms with Gasteiger partial charge >= 0.3 is 11.7 Å². The minimum atomic E-state index is -1.44. The summed E-state index contributed by atoms with van der Waals surface area (Å²) >= 11 is 0. The van der Waals surface area contributed by atoms with Crippen LogP contribution in [0.2, 0.25) is 0 Å². The highest BCUT2D eigenvalue weighted by Crippen LogP contribution is 2.28. The van der Waals surface area contributed by atoms with Gasteiger partial charge in [-0.05, 0) is 12.5 Å². The molecule has 1 aliphatic rings. The van der Waals surface area contributed by atoms with Crippen LogP contribution in [0.1, 0.15) is 26.5 Å². The number of carboxylic acid groups (broad SMARTS) is 1. The molecule has 1 amide bonds. The third-order valence-electron chi connectivity index (χ3n) is 3.89. The number of amides is 1. The van der Waals surface area contributed by atoms with Crippen molar-refractivity contribution in [3.8, 4) is 0 Å². The van der Waals surface area contributed by atoms with E-state index in [2.05, 4.69) is 10.3 Å². The molecule has 0 spiro atoms. The van der Waals surface area contributed by atoms with Gasteiger partial charge in [-0.2, -0.15) is 4.98 Å². The molecule has 152 valence electrons. The van der Waals surface area contributed by atoms with Crippen molar-refractivity contribution in [1.82, 2.24) is 9.55 Å². The Morgan fingerprint density at radius 1 is 1.37 bits per heavy atom. The van der Waals surface area contributed by atoms with Gasteiger partial charge in [-0.3, -0.25) is 14.2 Å². The third kappa shape index (κ3) is 5.30. The topological polar surface area (TPSA) is 197 Å². The Kier molecular flexibility index (Phi) is 7.99. The minimum absolute atomic E-state index is 0. The molecule has 1 saturated heterocycles. The summed E-state index contributed by atoms with van der Waals surface area (Å²) in [5, 5.41) is 39.7. The maximum Gasteiger partial charge on any atom is 0.351 e. The zero-order valence-electron chi connectivity index (χ0n) is 13.6. The van der Waals surface area contributed by atoms with E-state index < -0.39 is 54.8 Å². The van der Waals surface area contributed by atoms with E-state index in [4.69, 9.17) is 20.7 Å². The number of aliphatic hydroxyl groups excluding tert-OH is 3. The number of nitrogens with two attached hydrogens (primary N) is 1. The summed E-state index contributed by atoms with van der Waals surface area (Å²) in [6.07, 6.45) is -4.14. The Labute approximate surface area is 154 Å². The summed E-state index contributed by atoms with van der Waals surface area (Å²) in [4.78, 5) is 38.0. The van der Waals surface area contributed by atoms with Crippen LogP contribution in [-0.4, -0.2) is 72.8 Å². The van der Waals surface area contributed by atoms with Crippen molar-refractivity contribution in [2.75, 3.05) is 11.9 Å². The van der Waals surface area contributed by atoms with E-state index in [0.717, 1.165) is 4.57 Å². The zero-order valence-corrected chi connectivity index (χ0v) is 13.6. The van der Waals surface area contributed by atoms with E-state index in [1.807, 2.05) is 0 Å². The number of nitrogens with zero attached hydrogens (tertiary/aromatic N) is 2. The monoisotopic (exact) mass is 388 g/mol. The number of hydrogen-bond acceptors (Lipinski definition) is 9. The summed E-state index contributed by atoms with van der Waals surface area (Å²) < 4.78 is 6.14. The largest absolute Gasteiger partial charge is 0.480 e. The fraction of sp³-hybridized carbons (Fsp3) is 0.600. The van der Waals surface area contributed by atoms with Crippen molar-refractivity contribution in [2.24, 2.45) is 5.73 Å². The average Bonchev–Trinajstić information content (AvgIpc) is 2.87. The first kappa shape index (κ1) is 22.7. The van der Waals surface area contributed by atoms with Crippen molar-refractivity contribution in [3.63, 3.8) is 0 Å². The molecular formula is C15H24N4O8. The van der Waals surface area contributed by atoms with Crippen LogP contribution in [0.5, 0.6) is 0 Å². The second-order valence-electron chi connectivity index (χ2n) is 5.76. The number of nitrogens with one attached hydrogen (secondary N) is 1. The fourth-order valence-electron chi connectivity index (χ4n) is 2.40. The van der Waals surface area contributed by atoms with Gasteiger partial charge < -0.3 is 36.2 Å². The van der Waals surface area contributed by atoms with E-state index in [1.165, 1.54) is 12.3 Å². The van der Waals surface area contributed by atoms with Crippen LogP contribution >= 0.6 is 0 Å². The third-order valence-corrected chi connectivity index (χ3v) is 3.89. The van der Waals surface area contributed by atoms with E-state index in [-0.39, 0.29) is 26.1 Å². The van der Waals surface area contributed by atoms with E-state index in [0.29, 0.717) is 0 Å². The molecule has 0 radical (unpaired) electrons. The number of carboxylic acids is 1. The predicted octanol–water partition coefficient (Wildman–Crippen LogP) is -2.38. The van der Waals surface area contributed by atoms with Gasteiger partial charge in [0.2, 0.25) is 5.91 Å². The van der Waals surface area contributed by atoms with Crippen LogP contribution in [0.15, 0.2) is 17.1 Å². The predicted molar refractivity (Wildman–Crippen MR) is 91.7 cm³/mol. The van der Waals surface area contributed by atoms with Crippen LogP contribution in [0.3, 0.4) is 0 Å². The Bertz CT molecular complexity index is 724. The van der Waals surface area contributed by atoms with Crippen LogP contribution in [0.25, 0.3) is 0 Å². The smallest absolute Gasteiger partial charge is 0.351 e. The lowest BCUT2D eigenvalue weighted by molar-refractivity contribution is -0.138. The molecule has 0 saturated carbocycles. The number of hydrogen-bond donors (Lipinski definition) is 6. The second-order valence-corrected chi connectivity index (χ2v) is 5.76. The van der Waals surface area contributed by atoms with Crippen molar-refractivity contribution in [2.45, 2.75) is 50.8 Å². The van der Waals surface area contributed by atoms with Gasteiger partial charge in [-0.1, -0.05) is 7.43 Å². The maximum absolute atomic E-state index is 12.1. The highest BCUT2D eigenvalue weighted by molar-refractivity contribution is 5.90. The van der Waals surface area contributed by atoms with E-state index >= 15 is 0 Å². The number of carbonyl (C=O) groups is 2. The first-order valence-electron chi connectivity index (χ1n) is 7.74. The first-order valence-corrected chi connectivity index (χ1v) is 7.74. The second kappa shape index (κ2) is 9.53. The van der Waals surface area contributed by atoms with Crippen molar-refractivity contribution in [3.05, 3.63) is 22.7 Å². The lowest BCUT2D eigenvalue weighted by atomic mass is 10.1. The molecule has 2 unspecified atom stereocenters. The van der Waals surface area contributed by atoms with Gasteiger partial charge in [0.1, 0.15) is 30.2 Å². The molecule has 5 atom stereocenters. The van der Waals surface area contributed by atoms with Gasteiger partial charge in [-0.25, -0.2) is 4.79 Å². The molecule has 2 heterocycles. The molecule has 12 heteroatoms. The van der Waals surface area contributed by atoms with Gasteiger partial charge in [0.15, 0.2) is 6.23 Å². The molecule has 27 heavy (non-hydrogen) atoms. The number of aliphatic carboxylic acids is 1. The van der Waals surface area contributed by atoms with Gasteiger partial charge in [0, 0.05) is 12.6 Å². The molecule has 7 N–H and O–H groups in total. The minimum Gasteiger partial charge on any atom is -0.480 e. The van der Waals surface area contributed by atoms with Crippen LogP contribution in [0.4, 0.5) is 5.82 Å². The number of carbonyl (C=O) groups excluding carboxylic acids is 1. The number of ether oxygens (including phenoxy) is 1. The Morgan fingerprint density at radius 3 is 2.56 bits per heavy atom. The normalized spacial score (nSPS) is 25.5. The van der Waals surface area contributed by atoms with Crippen LogP contribution < -0.4 is 16.7 Å². The first-order chi connectivity index (χ1) is 12.2. The number of rotatable bonds is 7. The molecule has 12 nitrogen and oxygen atoms in total. The number of anilines is 1. The Morgan fingerprint density at radius 2 is 2.04 bits per heavy atom. The molecule has 0 aromatic carbocycles. The SMILES string of the molecule is C.NC(CCC(=O)Nc1ccn([C@@H]2O[C@H](CO)C(O)[C@H]2O)c(=O)n1)C(=O)O. The van der Waals surface area contributed by atoms with Gasteiger partial charge in [0.05, 0.1) is 6.61 Å². The van der Waals surface area contributed by atoms with Crippen LogP contribution in [-0.2, 0) is 14.3 Å². The molecular weight excluding hydrogens is 364 g/mol. The van der Waals surface area contributed by atoms with E-state index in [1.54, 1.807) is 0 Å². The fourth-order valence-corrected chi connectivity index (χ4v) is 2.40. The molecule has 1 aromatic heterocycles. The lowest BCUT2D eigenvalue weighted by Crippen LogP contribution is -2.36. The highest BCUT2D eigenvalue weighted by Gasteiger charge is 2.43. The van der Waals surface area contributed by atoms with Gasteiger partial charge in [0.25, 0.3) is 0 Å². The highest BCUT2D eigenvalue weighted by atomic mass is 16.6. The summed E-state index contributed by atoms with van der Waals surface area (Å²) in [7, 11) is 0. The summed E-state index contributed by atoms with van der Waals surface area (Å²) in [5.74, 6) is -1.87. The van der Waals surface area contributed by atoms with Crippen LogP contribution in [0, 0.1) is 0 Å². The summed E-state index contributed by atoms with van der Waals surface area (Å²) in [5.41, 5.74) is 4.43. The van der Waals surface area contributed by atoms with Crippen molar-refractivity contribution >= 4 is 17.7 Å². The number of aliphatic hydroxyl groups is 3. The molecule has 1 aromatic rings. The molecule has 0 aliphatic carbocycles. The summed E-state index contributed by atoms with van der Waals surface area (Å²) in [6, 6.07) is 0.0964. The molecule has 0 bridgehead atoms. The van der Waals surface area contributed by atoms with Crippen molar-refractivity contribution < 1.29 is 34.8 Å².